The molecule has 0 unspecified atom stereocenters. The van der Waals surface area contributed by atoms with E-state index < -0.39 is 15.9 Å². The number of sulfonamides is 1. The summed E-state index contributed by atoms with van der Waals surface area (Å²) in [6.45, 7) is 13.5. The fourth-order valence-corrected chi connectivity index (χ4v) is 6.92. The molecule has 184 valence electrons. The molecular weight excluding hydrogens is 490 g/mol. The van der Waals surface area contributed by atoms with Crippen molar-refractivity contribution in [2.75, 3.05) is 13.1 Å². The van der Waals surface area contributed by atoms with Crippen LogP contribution in [-0.4, -0.2) is 36.3 Å². The van der Waals surface area contributed by atoms with Gasteiger partial charge >= 0.3 is 0 Å². The van der Waals surface area contributed by atoms with E-state index >= 15 is 0 Å². The van der Waals surface area contributed by atoms with Gasteiger partial charge in [-0.1, -0.05) is 50.6 Å². The third-order valence-electron chi connectivity index (χ3n) is 5.42. The Bertz CT molecular complexity index is 1340. The zero-order valence-electron chi connectivity index (χ0n) is 20.5. The van der Waals surface area contributed by atoms with Gasteiger partial charge in [0.25, 0.3) is 5.91 Å². The van der Waals surface area contributed by atoms with Gasteiger partial charge in [0.2, 0.25) is 10.0 Å². The molecule has 0 saturated heterocycles. The first-order valence-corrected chi connectivity index (χ1v) is 14.1. The monoisotopic (exact) mass is 521 g/mol. The van der Waals surface area contributed by atoms with Crippen LogP contribution in [0.25, 0.3) is 10.2 Å². The van der Waals surface area contributed by atoms with Gasteiger partial charge in [-0.25, -0.2) is 8.42 Å². The second-order valence-corrected chi connectivity index (χ2v) is 12.6. The number of thiazole rings is 1. The number of aromatic nitrogens is 1. The maximum Gasteiger partial charge on any atom is 0.279 e. The van der Waals surface area contributed by atoms with Crippen LogP contribution in [0.5, 0.6) is 0 Å². The lowest BCUT2D eigenvalue weighted by Crippen LogP contribution is -2.37. The van der Waals surface area contributed by atoms with Gasteiger partial charge in [-0.2, -0.15) is 9.30 Å². The third kappa shape index (κ3) is 5.62. The highest BCUT2D eigenvalue weighted by molar-refractivity contribution is 7.89. The highest BCUT2D eigenvalue weighted by atomic mass is 35.5. The quantitative estimate of drug-likeness (QED) is 0.380. The number of fused-ring (bicyclic) bond motifs is 1. The first-order chi connectivity index (χ1) is 15.9. The summed E-state index contributed by atoms with van der Waals surface area (Å²) in [5.74, 6) is -0.000740. The van der Waals surface area contributed by atoms with E-state index in [1.165, 1.54) is 39.9 Å². The van der Waals surface area contributed by atoms with Crippen molar-refractivity contribution in [2.45, 2.75) is 53.0 Å². The fourth-order valence-electron chi connectivity index (χ4n) is 3.85. The highest BCUT2D eigenvalue weighted by Gasteiger charge is 2.26. The molecule has 1 amide bonds. The number of rotatable bonds is 8. The Morgan fingerprint density at radius 1 is 1.06 bits per heavy atom. The van der Waals surface area contributed by atoms with E-state index in [2.05, 4.69) is 4.99 Å². The molecule has 0 radical (unpaired) electrons. The van der Waals surface area contributed by atoms with Crippen LogP contribution < -0.4 is 4.80 Å². The standard InChI is InChI=1S/C25H32ClN3O3S2/c1-7-29-23-18(6)21(26)12-13-22(23)33-25(29)27-24(30)19-8-10-20(11-9-19)34(31,32)28(14-16(2)3)15-17(4)5/h8-13,16-17H,7,14-15H2,1-6H3. The number of halogens is 1. The van der Waals surface area contributed by atoms with E-state index in [1.54, 1.807) is 0 Å². The molecule has 0 aliphatic heterocycles. The Morgan fingerprint density at radius 2 is 1.65 bits per heavy atom. The zero-order chi connectivity index (χ0) is 25.2. The van der Waals surface area contributed by atoms with Gasteiger partial charge in [-0.05, 0) is 67.6 Å². The summed E-state index contributed by atoms with van der Waals surface area (Å²) in [5.41, 5.74) is 2.27. The molecule has 6 nitrogen and oxygen atoms in total. The van der Waals surface area contributed by atoms with Crippen molar-refractivity contribution in [3.8, 4) is 0 Å². The van der Waals surface area contributed by atoms with E-state index in [1.807, 2.05) is 58.2 Å². The van der Waals surface area contributed by atoms with Gasteiger partial charge in [0.15, 0.2) is 4.80 Å². The molecule has 0 saturated carbocycles. The summed E-state index contributed by atoms with van der Waals surface area (Å²) in [5, 5.41) is 0.672. The van der Waals surface area contributed by atoms with Gasteiger partial charge < -0.3 is 4.57 Å². The molecule has 0 atom stereocenters. The molecule has 3 rings (SSSR count). The normalized spacial score (nSPS) is 13.1. The second kappa shape index (κ2) is 10.7. The van der Waals surface area contributed by atoms with Gasteiger partial charge in [0, 0.05) is 30.2 Å². The van der Waals surface area contributed by atoms with E-state index in [0.717, 1.165) is 15.8 Å². The van der Waals surface area contributed by atoms with Crippen molar-refractivity contribution in [3.63, 3.8) is 0 Å². The molecule has 0 N–H and O–H groups in total. The SMILES string of the molecule is CCn1c(=NC(=O)c2ccc(S(=O)(=O)N(CC(C)C)CC(C)C)cc2)sc2ccc(Cl)c(C)c21. The molecule has 0 fully saturated rings. The van der Waals surface area contributed by atoms with Crippen molar-refractivity contribution in [3.05, 3.63) is 57.3 Å². The highest BCUT2D eigenvalue weighted by Crippen LogP contribution is 2.27. The lowest BCUT2D eigenvalue weighted by Gasteiger charge is -2.25. The molecule has 1 aromatic heterocycles. The minimum absolute atomic E-state index is 0.182. The Labute approximate surface area is 211 Å². The van der Waals surface area contributed by atoms with Crippen LogP contribution in [0.4, 0.5) is 0 Å². The van der Waals surface area contributed by atoms with Crippen molar-refractivity contribution < 1.29 is 13.2 Å². The third-order valence-corrected chi connectivity index (χ3v) is 8.72. The fraction of sp³-hybridized carbons (Fsp3) is 0.440. The Kier molecular flexibility index (Phi) is 8.39. The molecule has 0 aliphatic carbocycles. The number of carbonyl (C=O) groups is 1. The molecular formula is C25H32ClN3O3S2. The largest absolute Gasteiger partial charge is 0.316 e. The minimum Gasteiger partial charge on any atom is -0.316 e. The number of benzene rings is 2. The Morgan fingerprint density at radius 3 is 2.18 bits per heavy atom. The Hall–Kier alpha value is -2.00. The summed E-state index contributed by atoms with van der Waals surface area (Å²) < 4.78 is 31.0. The molecule has 3 aromatic rings. The number of hydrogen-bond acceptors (Lipinski definition) is 4. The van der Waals surface area contributed by atoms with Crippen LogP contribution in [0.2, 0.25) is 5.02 Å². The van der Waals surface area contributed by atoms with E-state index in [0.29, 0.717) is 35.0 Å². The first kappa shape index (κ1) is 26.6. The zero-order valence-corrected chi connectivity index (χ0v) is 22.9. The topological polar surface area (TPSA) is 71.7 Å². The maximum absolute atomic E-state index is 13.2. The summed E-state index contributed by atoms with van der Waals surface area (Å²) in [6, 6.07) is 9.84. The predicted octanol–water partition coefficient (Wildman–Crippen LogP) is 5.73. The van der Waals surface area contributed by atoms with Crippen molar-refractivity contribution >= 4 is 49.1 Å². The number of carbonyl (C=O) groups excluding carboxylic acids is 1. The summed E-state index contributed by atoms with van der Waals surface area (Å²) in [6.07, 6.45) is 0. The van der Waals surface area contributed by atoms with Crippen LogP contribution in [0, 0.1) is 18.8 Å². The van der Waals surface area contributed by atoms with Gasteiger partial charge in [-0.15, -0.1) is 0 Å². The lowest BCUT2D eigenvalue weighted by atomic mass is 10.2. The molecule has 1 heterocycles. The smallest absolute Gasteiger partial charge is 0.279 e. The van der Waals surface area contributed by atoms with Crippen LogP contribution in [0.1, 0.15) is 50.5 Å². The maximum atomic E-state index is 13.2. The number of nitrogens with zero attached hydrogens (tertiary/aromatic N) is 3. The van der Waals surface area contributed by atoms with Crippen molar-refractivity contribution in [1.29, 1.82) is 0 Å². The molecule has 0 aliphatic rings. The van der Waals surface area contributed by atoms with Crippen molar-refractivity contribution in [2.24, 2.45) is 16.8 Å². The van der Waals surface area contributed by atoms with E-state index in [4.69, 9.17) is 11.6 Å². The van der Waals surface area contributed by atoms with Crippen LogP contribution in [0.15, 0.2) is 46.3 Å². The average Bonchev–Trinajstić information content (AvgIpc) is 3.13. The average molecular weight is 522 g/mol. The molecule has 0 bridgehead atoms. The number of hydrogen-bond donors (Lipinski definition) is 0. The summed E-state index contributed by atoms with van der Waals surface area (Å²) in [7, 11) is -3.65. The molecule has 2 aromatic carbocycles. The predicted molar refractivity (Wildman–Crippen MR) is 140 cm³/mol. The van der Waals surface area contributed by atoms with Gasteiger partial charge in [-0.3, -0.25) is 4.79 Å². The molecule has 9 heteroatoms. The van der Waals surface area contributed by atoms with Crippen LogP contribution in [0.3, 0.4) is 0 Å². The minimum atomic E-state index is -3.65. The number of aryl methyl sites for hydroxylation is 2. The summed E-state index contributed by atoms with van der Waals surface area (Å²) in [4.78, 5) is 18.1. The lowest BCUT2D eigenvalue weighted by molar-refractivity contribution is 0.0997. The van der Waals surface area contributed by atoms with Crippen LogP contribution >= 0.6 is 22.9 Å². The number of amides is 1. The molecule has 34 heavy (non-hydrogen) atoms. The molecule has 0 spiro atoms. The van der Waals surface area contributed by atoms with E-state index in [9.17, 15) is 13.2 Å². The van der Waals surface area contributed by atoms with Gasteiger partial charge in [0.05, 0.1) is 15.1 Å². The summed E-state index contributed by atoms with van der Waals surface area (Å²) >= 11 is 7.73. The van der Waals surface area contributed by atoms with E-state index in [-0.39, 0.29) is 16.7 Å². The van der Waals surface area contributed by atoms with Gasteiger partial charge in [0.1, 0.15) is 0 Å². The first-order valence-electron chi connectivity index (χ1n) is 11.4. The van der Waals surface area contributed by atoms with Crippen LogP contribution in [-0.2, 0) is 16.6 Å². The second-order valence-electron chi connectivity index (χ2n) is 9.20. The Balaban J connectivity index is 1.95. The van der Waals surface area contributed by atoms with Crippen molar-refractivity contribution in [1.82, 2.24) is 8.87 Å².